The number of methoxy groups -OCH3 is 1. The number of hydrogen-bond acceptors (Lipinski definition) is 3. The lowest BCUT2D eigenvalue weighted by atomic mass is 10.1. The minimum absolute atomic E-state index is 0.0817. The van der Waals surface area contributed by atoms with Gasteiger partial charge >= 0.3 is 0 Å². The first-order valence-electron chi connectivity index (χ1n) is 6.69. The van der Waals surface area contributed by atoms with E-state index in [2.05, 4.69) is 22.0 Å². The first kappa shape index (κ1) is 14.9. The molecule has 0 saturated heterocycles. The van der Waals surface area contributed by atoms with Crippen molar-refractivity contribution in [1.82, 2.24) is 4.90 Å². The van der Waals surface area contributed by atoms with Gasteiger partial charge in [-0.05, 0) is 47.0 Å². The molecule has 0 spiro atoms. The predicted molar refractivity (Wildman–Crippen MR) is 79.6 cm³/mol. The Morgan fingerprint density at radius 3 is 2.75 bits per heavy atom. The summed E-state index contributed by atoms with van der Waals surface area (Å²) in [5.74, 6) is 0.607. The van der Waals surface area contributed by atoms with Crippen molar-refractivity contribution in [3.8, 4) is 11.8 Å². The van der Waals surface area contributed by atoms with Crippen LogP contribution >= 0.6 is 15.9 Å². The quantitative estimate of drug-likeness (QED) is 0.792. The molecule has 0 unspecified atom stereocenters. The van der Waals surface area contributed by atoms with Crippen LogP contribution in [0.3, 0.4) is 0 Å². The molecular weight excluding hydrogens is 320 g/mol. The minimum Gasteiger partial charge on any atom is -0.496 e. The topological polar surface area (TPSA) is 53.3 Å². The maximum atomic E-state index is 12.6. The number of amides is 1. The third kappa shape index (κ3) is 3.13. The summed E-state index contributed by atoms with van der Waals surface area (Å²) in [6.45, 7) is 0.146. The second-order valence-corrected chi connectivity index (χ2v) is 5.73. The van der Waals surface area contributed by atoms with E-state index in [4.69, 9.17) is 10.00 Å². The van der Waals surface area contributed by atoms with Crippen molar-refractivity contribution in [2.24, 2.45) is 0 Å². The molecule has 0 radical (unpaired) electrons. The normalized spacial score (nSPS) is 14.8. The lowest BCUT2D eigenvalue weighted by molar-refractivity contribution is 0.0709. The second-order valence-electron chi connectivity index (χ2n) is 4.88. The Labute approximate surface area is 127 Å². The lowest BCUT2D eigenvalue weighted by Crippen LogP contribution is -2.39. The van der Waals surface area contributed by atoms with Crippen LogP contribution in [0.5, 0.6) is 5.75 Å². The molecule has 20 heavy (non-hydrogen) atoms. The van der Waals surface area contributed by atoms with Crippen molar-refractivity contribution in [2.45, 2.75) is 31.7 Å². The Morgan fingerprint density at radius 1 is 1.50 bits per heavy atom. The van der Waals surface area contributed by atoms with E-state index in [1.807, 2.05) is 0 Å². The maximum absolute atomic E-state index is 12.6. The highest BCUT2D eigenvalue weighted by Crippen LogP contribution is 2.28. The van der Waals surface area contributed by atoms with E-state index in [1.165, 1.54) is 0 Å². The van der Waals surface area contributed by atoms with Gasteiger partial charge < -0.3 is 9.64 Å². The Balaban J connectivity index is 2.22. The van der Waals surface area contributed by atoms with Crippen molar-refractivity contribution < 1.29 is 9.53 Å². The number of carbonyl (C=O) groups is 1. The molecule has 0 atom stereocenters. The molecule has 0 aliphatic heterocycles. The molecule has 1 fully saturated rings. The van der Waals surface area contributed by atoms with E-state index >= 15 is 0 Å². The Hall–Kier alpha value is -1.54. The van der Waals surface area contributed by atoms with Gasteiger partial charge in [-0.2, -0.15) is 5.26 Å². The van der Waals surface area contributed by atoms with E-state index in [9.17, 15) is 4.79 Å². The lowest BCUT2D eigenvalue weighted by Gasteiger charge is -2.26. The van der Waals surface area contributed by atoms with E-state index in [-0.39, 0.29) is 18.5 Å². The number of hydrogen-bond donors (Lipinski definition) is 0. The highest BCUT2D eigenvalue weighted by Gasteiger charge is 2.27. The number of ether oxygens (including phenoxy) is 1. The molecule has 0 bridgehead atoms. The van der Waals surface area contributed by atoms with Crippen molar-refractivity contribution >= 4 is 21.8 Å². The van der Waals surface area contributed by atoms with E-state index < -0.39 is 0 Å². The zero-order chi connectivity index (χ0) is 14.5. The smallest absolute Gasteiger partial charge is 0.255 e. The zero-order valence-corrected chi connectivity index (χ0v) is 13.0. The summed E-state index contributed by atoms with van der Waals surface area (Å²) in [5, 5.41) is 8.96. The Morgan fingerprint density at radius 2 is 2.20 bits per heavy atom. The van der Waals surface area contributed by atoms with Crippen LogP contribution in [-0.2, 0) is 0 Å². The van der Waals surface area contributed by atoms with Crippen molar-refractivity contribution in [2.75, 3.05) is 13.7 Å². The fraction of sp³-hybridized carbons (Fsp3) is 0.467. The van der Waals surface area contributed by atoms with Gasteiger partial charge in [-0.3, -0.25) is 4.79 Å². The summed E-state index contributed by atoms with van der Waals surface area (Å²) >= 11 is 3.39. The third-order valence-electron chi connectivity index (χ3n) is 3.67. The van der Waals surface area contributed by atoms with Crippen LogP contribution in [0.2, 0.25) is 0 Å². The summed E-state index contributed by atoms with van der Waals surface area (Å²) in [4.78, 5) is 14.3. The molecule has 0 aromatic heterocycles. The van der Waals surface area contributed by atoms with Crippen molar-refractivity contribution in [1.29, 1.82) is 5.26 Å². The van der Waals surface area contributed by atoms with Crippen LogP contribution in [0.25, 0.3) is 0 Å². The van der Waals surface area contributed by atoms with Gasteiger partial charge in [0.05, 0.1) is 17.7 Å². The Bertz CT molecular complexity index is 533. The van der Waals surface area contributed by atoms with Gasteiger partial charge in [-0.1, -0.05) is 12.8 Å². The van der Waals surface area contributed by atoms with Crippen molar-refractivity contribution in [3.05, 3.63) is 28.2 Å². The highest BCUT2D eigenvalue weighted by atomic mass is 79.9. The van der Waals surface area contributed by atoms with Gasteiger partial charge in [-0.25, -0.2) is 0 Å². The SMILES string of the molecule is COc1ccc(C(=O)N(CC#N)C2CCCC2)cc1Br. The molecule has 4 nitrogen and oxygen atoms in total. The summed E-state index contributed by atoms with van der Waals surface area (Å²) in [6.07, 6.45) is 4.24. The molecule has 106 valence electrons. The molecule has 5 heteroatoms. The molecule has 1 aliphatic carbocycles. The van der Waals surface area contributed by atoms with E-state index in [1.54, 1.807) is 30.2 Å². The summed E-state index contributed by atoms with van der Waals surface area (Å²) in [7, 11) is 1.59. The zero-order valence-electron chi connectivity index (χ0n) is 11.4. The second kappa shape index (κ2) is 6.76. The van der Waals surface area contributed by atoms with Gasteiger partial charge in [0.25, 0.3) is 5.91 Å². The third-order valence-corrected chi connectivity index (χ3v) is 4.29. The predicted octanol–water partition coefficient (Wildman–Crippen LogP) is 3.37. The van der Waals surface area contributed by atoms with Crippen LogP contribution in [0.4, 0.5) is 0 Å². The first-order valence-corrected chi connectivity index (χ1v) is 7.48. The number of rotatable bonds is 4. The number of nitriles is 1. The fourth-order valence-corrected chi connectivity index (χ4v) is 3.16. The fourth-order valence-electron chi connectivity index (χ4n) is 2.62. The monoisotopic (exact) mass is 336 g/mol. The van der Waals surface area contributed by atoms with Crippen LogP contribution in [0, 0.1) is 11.3 Å². The van der Waals surface area contributed by atoms with Crippen molar-refractivity contribution in [3.63, 3.8) is 0 Å². The average molecular weight is 337 g/mol. The number of benzene rings is 1. The maximum Gasteiger partial charge on any atom is 0.255 e. The summed E-state index contributed by atoms with van der Waals surface area (Å²) < 4.78 is 5.91. The molecule has 1 saturated carbocycles. The Kier molecular flexibility index (Phi) is 5.02. The van der Waals surface area contributed by atoms with Gasteiger partial charge in [0.2, 0.25) is 0 Å². The van der Waals surface area contributed by atoms with Crippen LogP contribution in [-0.4, -0.2) is 30.5 Å². The number of carbonyl (C=O) groups excluding carboxylic acids is 1. The van der Waals surface area contributed by atoms with E-state index in [0.717, 1.165) is 30.2 Å². The van der Waals surface area contributed by atoms with Gasteiger partial charge in [0.15, 0.2) is 0 Å². The number of nitrogens with zero attached hydrogens (tertiary/aromatic N) is 2. The molecule has 1 amide bonds. The summed E-state index contributed by atoms with van der Waals surface area (Å²) in [5.41, 5.74) is 0.583. The van der Waals surface area contributed by atoms with Gasteiger partial charge in [0, 0.05) is 11.6 Å². The largest absolute Gasteiger partial charge is 0.496 e. The van der Waals surface area contributed by atoms with E-state index in [0.29, 0.717) is 11.3 Å². The molecule has 1 aromatic rings. The first-order chi connectivity index (χ1) is 9.67. The highest BCUT2D eigenvalue weighted by molar-refractivity contribution is 9.10. The summed E-state index contributed by atoms with van der Waals surface area (Å²) in [6, 6.07) is 7.55. The molecule has 1 aromatic carbocycles. The van der Waals surface area contributed by atoms with Crippen LogP contribution < -0.4 is 4.74 Å². The number of halogens is 1. The molecular formula is C15H17BrN2O2. The van der Waals surface area contributed by atoms with Crippen LogP contribution in [0.1, 0.15) is 36.0 Å². The minimum atomic E-state index is -0.0817. The standard InChI is InChI=1S/C15H17BrN2O2/c1-20-14-7-6-11(10-13(14)16)15(19)18(9-8-17)12-4-2-3-5-12/h6-7,10,12H,2-5,9H2,1H3. The molecule has 1 aliphatic rings. The molecule has 0 heterocycles. The van der Waals surface area contributed by atoms with Gasteiger partial charge in [-0.15, -0.1) is 0 Å². The molecule has 0 N–H and O–H groups in total. The average Bonchev–Trinajstić information content (AvgIpc) is 2.97. The van der Waals surface area contributed by atoms with Crippen LogP contribution in [0.15, 0.2) is 22.7 Å². The van der Waals surface area contributed by atoms with Gasteiger partial charge in [0.1, 0.15) is 12.3 Å². The molecule has 2 rings (SSSR count).